The van der Waals surface area contributed by atoms with E-state index in [-0.39, 0.29) is 5.56 Å². The number of halogens is 1. The smallest absolute Gasteiger partial charge is 0.155 e. The lowest BCUT2D eigenvalue weighted by atomic mass is 10.1. The average Bonchev–Trinajstić information content (AvgIpc) is 2.53. The van der Waals surface area contributed by atoms with Gasteiger partial charge in [0.25, 0.3) is 0 Å². The zero-order chi connectivity index (χ0) is 12.3. The molecule has 2 rings (SSSR count). The maximum absolute atomic E-state index is 13.6. The average molecular weight is 235 g/mol. The number of rotatable bonds is 2. The van der Waals surface area contributed by atoms with Gasteiger partial charge < -0.3 is 4.90 Å². The molecular formula is C14H18FNO. The van der Waals surface area contributed by atoms with Gasteiger partial charge in [-0.05, 0) is 31.9 Å². The van der Waals surface area contributed by atoms with E-state index in [9.17, 15) is 9.18 Å². The molecule has 1 aliphatic rings. The summed E-state index contributed by atoms with van der Waals surface area (Å²) in [6.45, 7) is 3.05. The van der Waals surface area contributed by atoms with Gasteiger partial charge in [-0.3, -0.25) is 4.79 Å². The maximum Gasteiger partial charge on any atom is 0.155 e. The van der Waals surface area contributed by atoms with Crippen LogP contribution in [0.2, 0.25) is 0 Å². The molecule has 17 heavy (non-hydrogen) atoms. The molecule has 1 atom stereocenters. The minimum Gasteiger partial charge on any atom is -0.368 e. The Morgan fingerprint density at radius 3 is 2.94 bits per heavy atom. The SMILES string of the molecule is CC1CCCCCN1c1cccc(F)c1C=O. The minimum atomic E-state index is -0.422. The molecule has 0 spiro atoms. The van der Waals surface area contributed by atoms with Crippen molar-refractivity contribution in [3.8, 4) is 0 Å². The molecule has 0 aliphatic carbocycles. The fourth-order valence-electron chi connectivity index (χ4n) is 2.53. The van der Waals surface area contributed by atoms with Crippen LogP contribution in [0, 0.1) is 5.82 Å². The van der Waals surface area contributed by atoms with Gasteiger partial charge in [0.2, 0.25) is 0 Å². The first-order chi connectivity index (χ1) is 8.24. The van der Waals surface area contributed by atoms with Gasteiger partial charge in [0.1, 0.15) is 5.82 Å². The summed E-state index contributed by atoms with van der Waals surface area (Å²) in [6, 6.07) is 5.23. The first-order valence-corrected chi connectivity index (χ1v) is 6.24. The Balaban J connectivity index is 2.37. The van der Waals surface area contributed by atoms with Crippen LogP contribution in [0.5, 0.6) is 0 Å². The Kier molecular flexibility index (Phi) is 3.77. The van der Waals surface area contributed by atoms with Crippen LogP contribution in [0.15, 0.2) is 18.2 Å². The van der Waals surface area contributed by atoms with E-state index in [1.165, 1.54) is 18.9 Å². The van der Waals surface area contributed by atoms with E-state index in [0.717, 1.165) is 25.1 Å². The van der Waals surface area contributed by atoms with Crippen molar-refractivity contribution >= 4 is 12.0 Å². The van der Waals surface area contributed by atoms with E-state index in [0.29, 0.717) is 12.3 Å². The zero-order valence-electron chi connectivity index (χ0n) is 10.2. The standard InChI is InChI=1S/C14H18FNO/c1-11-6-3-2-4-9-16(11)14-8-5-7-13(15)12(14)10-17/h5,7-8,10-11H,2-4,6,9H2,1H3. The van der Waals surface area contributed by atoms with Crippen LogP contribution in [0.25, 0.3) is 0 Å². The van der Waals surface area contributed by atoms with Gasteiger partial charge in [-0.2, -0.15) is 0 Å². The number of nitrogens with zero attached hydrogens (tertiary/aromatic N) is 1. The predicted octanol–water partition coefficient (Wildman–Crippen LogP) is 3.41. The van der Waals surface area contributed by atoms with Gasteiger partial charge in [0.05, 0.1) is 11.3 Å². The Labute approximate surface area is 101 Å². The molecule has 92 valence electrons. The summed E-state index contributed by atoms with van der Waals surface area (Å²) >= 11 is 0. The summed E-state index contributed by atoms with van der Waals surface area (Å²) in [5.41, 5.74) is 0.940. The van der Waals surface area contributed by atoms with Gasteiger partial charge in [-0.15, -0.1) is 0 Å². The van der Waals surface area contributed by atoms with Crippen LogP contribution in [0.3, 0.4) is 0 Å². The number of benzene rings is 1. The van der Waals surface area contributed by atoms with E-state index in [4.69, 9.17) is 0 Å². The second-order valence-corrected chi connectivity index (χ2v) is 4.68. The molecule has 0 saturated carbocycles. The van der Waals surface area contributed by atoms with Crippen molar-refractivity contribution in [3.63, 3.8) is 0 Å². The summed E-state index contributed by atoms with van der Waals surface area (Å²) in [5, 5.41) is 0. The molecule has 1 aromatic carbocycles. The number of hydrogen-bond donors (Lipinski definition) is 0. The quantitative estimate of drug-likeness (QED) is 0.732. The Hall–Kier alpha value is -1.38. The first kappa shape index (κ1) is 12.1. The fraction of sp³-hybridized carbons (Fsp3) is 0.500. The van der Waals surface area contributed by atoms with Gasteiger partial charge >= 0.3 is 0 Å². The van der Waals surface area contributed by atoms with Crippen LogP contribution in [0.1, 0.15) is 43.0 Å². The van der Waals surface area contributed by atoms with Crippen molar-refractivity contribution in [2.75, 3.05) is 11.4 Å². The third kappa shape index (κ3) is 2.48. The predicted molar refractivity (Wildman–Crippen MR) is 67.1 cm³/mol. The summed E-state index contributed by atoms with van der Waals surface area (Å²) < 4.78 is 13.6. The molecule has 1 fully saturated rings. The molecule has 0 N–H and O–H groups in total. The molecule has 1 saturated heterocycles. The fourth-order valence-corrected chi connectivity index (χ4v) is 2.53. The maximum atomic E-state index is 13.6. The van der Waals surface area contributed by atoms with Crippen LogP contribution in [0.4, 0.5) is 10.1 Å². The lowest BCUT2D eigenvalue weighted by Crippen LogP contribution is -2.33. The molecule has 0 amide bonds. The molecule has 0 radical (unpaired) electrons. The Morgan fingerprint density at radius 2 is 2.18 bits per heavy atom. The van der Waals surface area contributed by atoms with Crippen molar-refractivity contribution < 1.29 is 9.18 Å². The van der Waals surface area contributed by atoms with Crippen LogP contribution in [-0.4, -0.2) is 18.9 Å². The normalized spacial score (nSPS) is 21.1. The molecule has 1 aromatic rings. The minimum absolute atomic E-state index is 0.196. The Morgan fingerprint density at radius 1 is 1.35 bits per heavy atom. The van der Waals surface area contributed by atoms with E-state index >= 15 is 0 Å². The second kappa shape index (κ2) is 5.30. The highest BCUT2D eigenvalue weighted by atomic mass is 19.1. The van der Waals surface area contributed by atoms with Crippen molar-refractivity contribution in [3.05, 3.63) is 29.6 Å². The molecular weight excluding hydrogens is 217 g/mol. The van der Waals surface area contributed by atoms with Crippen molar-refractivity contribution in [1.82, 2.24) is 0 Å². The van der Waals surface area contributed by atoms with Gasteiger partial charge in [0.15, 0.2) is 6.29 Å². The van der Waals surface area contributed by atoms with E-state index in [1.54, 1.807) is 6.07 Å². The van der Waals surface area contributed by atoms with Gasteiger partial charge in [-0.25, -0.2) is 4.39 Å². The topological polar surface area (TPSA) is 20.3 Å². The molecule has 3 heteroatoms. The summed E-state index contributed by atoms with van der Waals surface area (Å²) in [6.07, 6.45) is 5.27. The summed E-state index contributed by atoms with van der Waals surface area (Å²) in [5.74, 6) is -0.422. The number of carbonyl (C=O) groups excluding carboxylic acids is 1. The van der Waals surface area contributed by atoms with E-state index < -0.39 is 5.82 Å². The summed E-state index contributed by atoms with van der Waals surface area (Å²) in [7, 11) is 0. The van der Waals surface area contributed by atoms with E-state index in [2.05, 4.69) is 11.8 Å². The van der Waals surface area contributed by atoms with Gasteiger partial charge in [-0.1, -0.05) is 18.9 Å². The number of carbonyl (C=O) groups is 1. The number of anilines is 1. The zero-order valence-corrected chi connectivity index (χ0v) is 10.2. The largest absolute Gasteiger partial charge is 0.368 e. The summed E-state index contributed by atoms with van der Waals surface area (Å²) in [4.78, 5) is 13.2. The van der Waals surface area contributed by atoms with E-state index in [1.807, 2.05) is 6.07 Å². The van der Waals surface area contributed by atoms with Crippen molar-refractivity contribution in [2.24, 2.45) is 0 Å². The monoisotopic (exact) mass is 235 g/mol. The Bertz CT molecular complexity index is 405. The molecule has 0 aromatic heterocycles. The molecule has 2 nitrogen and oxygen atoms in total. The number of aldehydes is 1. The molecule has 1 aliphatic heterocycles. The van der Waals surface area contributed by atoms with Gasteiger partial charge in [0, 0.05) is 12.6 Å². The number of hydrogen-bond acceptors (Lipinski definition) is 2. The third-order valence-electron chi connectivity index (χ3n) is 3.51. The van der Waals surface area contributed by atoms with Crippen LogP contribution in [-0.2, 0) is 0 Å². The van der Waals surface area contributed by atoms with Crippen LogP contribution < -0.4 is 4.90 Å². The van der Waals surface area contributed by atoms with Crippen molar-refractivity contribution in [2.45, 2.75) is 38.6 Å². The van der Waals surface area contributed by atoms with Crippen molar-refractivity contribution in [1.29, 1.82) is 0 Å². The highest BCUT2D eigenvalue weighted by Crippen LogP contribution is 2.27. The lowest BCUT2D eigenvalue weighted by molar-refractivity contribution is 0.112. The highest BCUT2D eigenvalue weighted by Gasteiger charge is 2.20. The first-order valence-electron chi connectivity index (χ1n) is 6.24. The lowest BCUT2D eigenvalue weighted by Gasteiger charge is -2.30. The highest BCUT2D eigenvalue weighted by molar-refractivity contribution is 5.85. The third-order valence-corrected chi connectivity index (χ3v) is 3.51. The molecule has 1 heterocycles. The van der Waals surface area contributed by atoms with Crippen LogP contribution >= 0.6 is 0 Å². The molecule has 1 unspecified atom stereocenters. The molecule has 0 bridgehead atoms. The second-order valence-electron chi connectivity index (χ2n) is 4.68.